The summed E-state index contributed by atoms with van der Waals surface area (Å²) in [6.07, 6.45) is 0.609. The van der Waals surface area contributed by atoms with Gasteiger partial charge in [0.2, 0.25) is 0 Å². The van der Waals surface area contributed by atoms with Crippen LogP contribution in [0.2, 0.25) is 0 Å². The second-order valence-corrected chi connectivity index (χ2v) is 5.09. The van der Waals surface area contributed by atoms with Crippen LogP contribution in [0, 0.1) is 0 Å². The van der Waals surface area contributed by atoms with Crippen LogP contribution in [0.1, 0.15) is 29.7 Å². The average molecular weight is 285 g/mol. The van der Waals surface area contributed by atoms with E-state index in [1.54, 1.807) is 14.2 Å². The van der Waals surface area contributed by atoms with Gasteiger partial charge < -0.3 is 19.9 Å². The second kappa shape index (κ2) is 5.66. The van der Waals surface area contributed by atoms with Crippen molar-refractivity contribution in [2.24, 2.45) is 5.73 Å². The minimum atomic E-state index is -0.1000. The minimum absolute atomic E-state index is 0.0845. The van der Waals surface area contributed by atoms with Gasteiger partial charge in [0, 0.05) is 23.6 Å². The maximum absolute atomic E-state index is 6.31. The third-order valence-electron chi connectivity index (χ3n) is 3.84. The molecule has 4 nitrogen and oxygen atoms in total. The zero-order valence-corrected chi connectivity index (χ0v) is 12.2. The molecule has 21 heavy (non-hydrogen) atoms. The highest BCUT2D eigenvalue weighted by molar-refractivity contribution is 5.45. The Balaban J connectivity index is 1.95. The number of methoxy groups -OCH3 is 2. The molecular weight excluding hydrogens is 266 g/mol. The first-order valence-electron chi connectivity index (χ1n) is 6.96. The van der Waals surface area contributed by atoms with Crippen LogP contribution in [-0.2, 0) is 0 Å². The molecule has 0 aliphatic carbocycles. The third kappa shape index (κ3) is 2.54. The van der Waals surface area contributed by atoms with Crippen molar-refractivity contribution in [3.63, 3.8) is 0 Å². The van der Waals surface area contributed by atoms with Gasteiger partial charge in [-0.05, 0) is 24.3 Å². The monoisotopic (exact) mass is 285 g/mol. The number of rotatable bonds is 3. The topological polar surface area (TPSA) is 53.7 Å². The Morgan fingerprint density at radius 2 is 1.86 bits per heavy atom. The molecule has 0 amide bonds. The number of ether oxygens (including phenoxy) is 3. The fourth-order valence-electron chi connectivity index (χ4n) is 2.73. The van der Waals surface area contributed by atoms with Crippen molar-refractivity contribution >= 4 is 0 Å². The van der Waals surface area contributed by atoms with E-state index in [1.807, 2.05) is 42.5 Å². The molecule has 0 saturated heterocycles. The molecule has 3 rings (SSSR count). The number of nitrogens with two attached hydrogens (primary N) is 1. The van der Waals surface area contributed by atoms with Gasteiger partial charge in [0.15, 0.2) is 0 Å². The van der Waals surface area contributed by atoms with Crippen LogP contribution >= 0.6 is 0 Å². The third-order valence-corrected chi connectivity index (χ3v) is 3.84. The molecular formula is C17H19NO3. The Hall–Kier alpha value is -2.20. The molecule has 1 heterocycles. The maximum atomic E-state index is 6.31. The van der Waals surface area contributed by atoms with Gasteiger partial charge in [-0.15, -0.1) is 0 Å². The highest BCUT2D eigenvalue weighted by Crippen LogP contribution is 2.43. The van der Waals surface area contributed by atoms with Crippen molar-refractivity contribution < 1.29 is 14.2 Å². The van der Waals surface area contributed by atoms with E-state index in [4.69, 9.17) is 19.9 Å². The number of benzene rings is 2. The van der Waals surface area contributed by atoms with Crippen molar-refractivity contribution in [2.45, 2.75) is 18.6 Å². The van der Waals surface area contributed by atoms with Crippen molar-refractivity contribution in [3.8, 4) is 17.2 Å². The van der Waals surface area contributed by atoms with Gasteiger partial charge in [0.25, 0.3) is 0 Å². The molecule has 2 aromatic carbocycles. The maximum Gasteiger partial charge on any atom is 0.129 e. The van der Waals surface area contributed by atoms with Gasteiger partial charge in [-0.3, -0.25) is 0 Å². The van der Waals surface area contributed by atoms with E-state index in [2.05, 4.69) is 0 Å². The van der Waals surface area contributed by atoms with E-state index in [1.165, 1.54) is 0 Å². The molecule has 2 atom stereocenters. The summed E-state index contributed by atoms with van der Waals surface area (Å²) in [6.45, 7) is 0. The van der Waals surface area contributed by atoms with E-state index in [0.29, 0.717) is 6.42 Å². The SMILES string of the molecule is COc1ccc2c(c1)[C@@H](N)CC(c1ccccc1OC)O2. The van der Waals surface area contributed by atoms with Crippen molar-refractivity contribution in [1.29, 1.82) is 0 Å². The van der Waals surface area contributed by atoms with Crippen LogP contribution in [0.5, 0.6) is 17.2 Å². The van der Waals surface area contributed by atoms with E-state index in [-0.39, 0.29) is 12.1 Å². The number of hydrogen-bond acceptors (Lipinski definition) is 4. The molecule has 4 heteroatoms. The molecule has 2 aromatic rings. The summed E-state index contributed by atoms with van der Waals surface area (Å²) in [4.78, 5) is 0. The highest BCUT2D eigenvalue weighted by Gasteiger charge is 2.29. The Morgan fingerprint density at radius 1 is 1.05 bits per heavy atom. The van der Waals surface area contributed by atoms with Gasteiger partial charge in [-0.25, -0.2) is 0 Å². The first-order chi connectivity index (χ1) is 10.2. The minimum Gasteiger partial charge on any atom is -0.497 e. The number of hydrogen-bond donors (Lipinski definition) is 1. The molecule has 0 aromatic heterocycles. The second-order valence-electron chi connectivity index (χ2n) is 5.09. The number of fused-ring (bicyclic) bond motifs is 1. The van der Waals surface area contributed by atoms with Crippen LogP contribution in [-0.4, -0.2) is 14.2 Å². The molecule has 1 aliphatic rings. The quantitative estimate of drug-likeness (QED) is 0.940. The van der Waals surface area contributed by atoms with Gasteiger partial charge in [-0.2, -0.15) is 0 Å². The smallest absolute Gasteiger partial charge is 0.129 e. The van der Waals surface area contributed by atoms with Crippen LogP contribution in [0.3, 0.4) is 0 Å². The van der Waals surface area contributed by atoms with Gasteiger partial charge in [0.1, 0.15) is 23.4 Å². The highest BCUT2D eigenvalue weighted by atomic mass is 16.5. The molecule has 0 fully saturated rings. The summed E-state index contributed by atoms with van der Waals surface area (Å²) in [5, 5.41) is 0. The molecule has 2 N–H and O–H groups in total. The van der Waals surface area contributed by atoms with Gasteiger partial charge in [0.05, 0.1) is 14.2 Å². The predicted octanol–water partition coefficient (Wildman–Crippen LogP) is 3.23. The normalized spacial score (nSPS) is 20.3. The lowest BCUT2D eigenvalue weighted by Crippen LogP contribution is -2.24. The largest absolute Gasteiger partial charge is 0.497 e. The molecule has 0 radical (unpaired) electrons. The first kappa shape index (κ1) is 13.8. The van der Waals surface area contributed by atoms with Gasteiger partial charge >= 0.3 is 0 Å². The summed E-state index contributed by atoms with van der Waals surface area (Å²) in [5.41, 5.74) is 8.32. The Kier molecular flexibility index (Phi) is 3.71. The van der Waals surface area contributed by atoms with E-state index >= 15 is 0 Å². The van der Waals surface area contributed by atoms with Crippen molar-refractivity contribution in [2.75, 3.05) is 14.2 Å². The average Bonchev–Trinajstić information content (AvgIpc) is 2.54. The Labute approximate surface area is 124 Å². The van der Waals surface area contributed by atoms with Crippen LogP contribution < -0.4 is 19.9 Å². The molecule has 0 saturated carbocycles. The van der Waals surface area contributed by atoms with Crippen LogP contribution in [0.4, 0.5) is 0 Å². The van der Waals surface area contributed by atoms with Crippen LogP contribution in [0.25, 0.3) is 0 Å². The lowest BCUT2D eigenvalue weighted by Gasteiger charge is -2.31. The molecule has 1 aliphatic heterocycles. The summed E-state index contributed by atoms with van der Waals surface area (Å²) in [5.74, 6) is 2.43. The van der Waals surface area contributed by atoms with E-state index in [0.717, 1.165) is 28.4 Å². The van der Waals surface area contributed by atoms with E-state index in [9.17, 15) is 0 Å². The standard InChI is InChI=1S/C17H19NO3/c1-19-11-7-8-16-13(9-11)14(18)10-17(21-16)12-5-3-4-6-15(12)20-2/h3-9,14,17H,10,18H2,1-2H3/t14-,17?/m0/s1. The predicted molar refractivity (Wildman–Crippen MR) is 80.9 cm³/mol. The molecule has 0 bridgehead atoms. The van der Waals surface area contributed by atoms with Gasteiger partial charge in [-0.1, -0.05) is 18.2 Å². The summed E-state index contributed by atoms with van der Waals surface area (Å²) in [6, 6.07) is 13.5. The van der Waals surface area contributed by atoms with Crippen LogP contribution in [0.15, 0.2) is 42.5 Å². The summed E-state index contributed by atoms with van der Waals surface area (Å²) in [7, 11) is 3.31. The van der Waals surface area contributed by atoms with Crippen molar-refractivity contribution in [3.05, 3.63) is 53.6 Å². The zero-order chi connectivity index (χ0) is 14.8. The molecule has 1 unspecified atom stereocenters. The summed E-state index contributed by atoms with van der Waals surface area (Å²) < 4.78 is 16.8. The Bertz CT molecular complexity index is 642. The molecule has 110 valence electrons. The van der Waals surface area contributed by atoms with E-state index < -0.39 is 0 Å². The lowest BCUT2D eigenvalue weighted by molar-refractivity contribution is 0.157. The summed E-state index contributed by atoms with van der Waals surface area (Å²) >= 11 is 0. The fourth-order valence-corrected chi connectivity index (χ4v) is 2.73. The lowest BCUT2D eigenvalue weighted by atomic mass is 9.93. The first-order valence-corrected chi connectivity index (χ1v) is 6.96. The molecule has 0 spiro atoms. The zero-order valence-electron chi connectivity index (χ0n) is 12.2. The fraction of sp³-hybridized carbons (Fsp3) is 0.294. The number of para-hydroxylation sites is 1. The van der Waals surface area contributed by atoms with Crippen molar-refractivity contribution in [1.82, 2.24) is 0 Å². The Morgan fingerprint density at radius 3 is 2.62 bits per heavy atom.